The molecule has 0 bridgehead atoms. The van der Waals surface area contributed by atoms with Crippen molar-refractivity contribution in [2.24, 2.45) is 0 Å². The molecular formula is C6H9O7P-2. The Morgan fingerprint density at radius 1 is 1.50 bits per heavy atom. The van der Waals surface area contributed by atoms with Gasteiger partial charge in [0.25, 0.3) is 0 Å². The summed E-state index contributed by atoms with van der Waals surface area (Å²) in [6.07, 6.45) is -1.24. The summed E-state index contributed by atoms with van der Waals surface area (Å²) in [5, 5.41) is 18.3. The lowest BCUT2D eigenvalue weighted by Crippen LogP contribution is -2.43. The highest BCUT2D eigenvalue weighted by Crippen LogP contribution is 2.26. The number of hydrogen-bond donors (Lipinski definition) is 2. The van der Waals surface area contributed by atoms with Crippen LogP contribution in [0.5, 0.6) is 0 Å². The first-order valence-electron chi connectivity index (χ1n) is 3.75. The number of aliphatic hydroxyl groups is 2. The maximum absolute atomic E-state index is 10.1. The van der Waals surface area contributed by atoms with Crippen molar-refractivity contribution in [3.63, 3.8) is 0 Å². The van der Waals surface area contributed by atoms with Crippen LogP contribution >= 0.6 is 7.82 Å². The van der Waals surface area contributed by atoms with E-state index in [1.807, 2.05) is 0 Å². The Hall–Kier alpha value is -0.430. The number of phosphoric acid groups is 1. The lowest BCUT2D eigenvalue weighted by molar-refractivity contribution is -0.343. The van der Waals surface area contributed by atoms with E-state index in [-0.39, 0.29) is 0 Å². The quantitative estimate of drug-likeness (QED) is 0.506. The fourth-order valence-corrected chi connectivity index (χ4v) is 1.27. The molecule has 0 spiro atoms. The van der Waals surface area contributed by atoms with Crippen LogP contribution in [-0.4, -0.2) is 35.1 Å². The Balaban J connectivity index is 2.46. The summed E-state index contributed by atoms with van der Waals surface area (Å²) in [5.74, 6) is 0. The third kappa shape index (κ3) is 3.38. The summed E-state index contributed by atoms with van der Waals surface area (Å²) >= 11 is 0. The molecule has 7 nitrogen and oxygen atoms in total. The van der Waals surface area contributed by atoms with Crippen LogP contribution < -0.4 is 9.79 Å². The van der Waals surface area contributed by atoms with Gasteiger partial charge >= 0.3 is 0 Å². The number of hydrogen-bond acceptors (Lipinski definition) is 7. The van der Waals surface area contributed by atoms with E-state index in [1.54, 1.807) is 0 Å². The van der Waals surface area contributed by atoms with Crippen molar-refractivity contribution in [1.82, 2.24) is 0 Å². The number of aliphatic hydroxyl groups excluding tert-OH is 2. The van der Waals surface area contributed by atoms with Gasteiger partial charge in [0.05, 0.1) is 20.7 Å². The Kier molecular flexibility index (Phi) is 3.65. The molecule has 3 atom stereocenters. The zero-order chi connectivity index (χ0) is 10.8. The maximum Gasteiger partial charge on any atom is 0.150 e. The standard InChI is InChI=1S/C6H11O7P/c7-4-1-2-12-5(6(4)8)3-13-14(9,10)11/h1-2,4-8H,3H2,(H2,9,10,11)/p-2/t4-,5-,6+/m1/s1. The predicted molar refractivity (Wildman–Crippen MR) is 39.6 cm³/mol. The van der Waals surface area contributed by atoms with Crippen LogP contribution in [0.4, 0.5) is 0 Å². The zero-order valence-corrected chi connectivity index (χ0v) is 7.87. The Labute approximate surface area is 79.8 Å². The van der Waals surface area contributed by atoms with Gasteiger partial charge in [-0.25, -0.2) is 0 Å². The number of phosphoric ester groups is 1. The van der Waals surface area contributed by atoms with Crippen molar-refractivity contribution in [2.45, 2.75) is 18.3 Å². The highest BCUT2D eigenvalue weighted by atomic mass is 31.2. The highest BCUT2D eigenvalue weighted by Gasteiger charge is 2.29. The molecule has 0 amide bonds. The fraction of sp³-hybridized carbons (Fsp3) is 0.667. The lowest BCUT2D eigenvalue weighted by Gasteiger charge is -2.33. The van der Waals surface area contributed by atoms with Crippen molar-refractivity contribution >= 4 is 7.82 Å². The summed E-state index contributed by atoms with van der Waals surface area (Å²) < 4.78 is 18.7. The minimum atomic E-state index is -5.08. The molecule has 1 rings (SSSR count). The van der Waals surface area contributed by atoms with E-state index in [0.717, 1.165) is 6.26 Å². The Bertz CT molecular complexity index is 259. The van der Waals surface area contributed by atoms with Crippen LogP contribution in [0.3, 0.4) is 0 Å². The van der Waals surface area contributed by atoms with Gasteiger partial charge in [-0.15, -0.1) is 0 Å². The van der Waals surface area contributed by atoms with Gasteiger partial charge in [-0.3, -0.25) is 0 Å². The third-order valence-electron chi connectivity index (χ3n) is 1.66. The summed E-state index contributed by atoms with van der Waals surface area (Å²) in [6.45, 7) is -0.618. The first kappa shape index (κ1) is 11.6. The van der Waals surface area contributed by atoms with Gasteiger partial charge in [0, 0.05) is 0 Å². The molecule has 1 aliphatic rings. The van der Waals surface area contributed by atoms with Gasteiger partial charge in [-0.05, 0) is 6.08 Å². The second kappa shape index (κ2) is 4.39. The second-order valence-corrected chi connectivity index (χ2v) is 3.88. The number of ether oxygens (including phenoxy) is 1. The van der Waals surface area contributed by atoms with Crippen LogP contribution in [-0.2, 0) is 13.8 Å². The van der Waals surface area contributed by atoms with Crippen molar-refractivity contribution in [2.75, 3.05) is 6.61 Å². The van der Waals surface area contributed by atoms with E-state index in [2.05, 4.69) is 4.52 Å². The average Bonchev–Trinajstić information content (AvgIpc) is 2.06. The topological polar surface area (TPSA) is 122 Å². The van der Waals surface area contributed by atoms with E-state index >= 15 is 0 Å². The van der Waals surface area contributed by atoms with E-state index < -0.39 is 32.7 Å². The van der Waals surface area contributed by atoms with Gasteiger partial charge in [0.1, 0.15) is 18.3 Å². The first-order valence-corrected chi connectivity index (χ1v) is 5.21. The van der Waals surface area contributed by atoms with Crippen molar-refractivity contribution in [3.8, 4) is 0 Å². The molecule has 0 fully saturated rings. The molecule has 0 saturated carbocycles. The Morgan fingerprint density at radius 3 is 2.71 bits per heavy atom. The summed E-state index contributed by atoms with van der Waals surface area (Å²) in [6, 6.07) is 0. The molecule has 0 saturated heterocycles. The SMILES string of the molecule is O=P([O-])([O-])OC[C@H]1OC=C[C@@H](O)[C@@H]1O. The summed E-state index contributed by atoms with van der Waals surface area (Å²) in [5.41, 5.74) is 0. The third-order valence-corrected chi connectivity index (χ3v) is 2.12. The summed E-state index contributed by atoms with van der Waals surface area (Å²) in [4.78, 5) is 20.2. The maximum atomic E-state index is 10.1. The number of rotatable bonds is 3. The van der Waals surface area contributed by atoms with E-state index in [9.17, 15) is 19.5 Å². The smallest absolute Gasteiger partial charge is 0.150 e. The molecule has 82 valence electrons. The van der Waals surface area contributed by atoms with Crippen molar-refractivity contribution in [3.05, 3.63) is 12.3 Å². The van der Waals surface area contributed by atoms with E-state index in [4.69, 9.17) is 9.84 Å². The molecule has 1 heterocycles. The molecule has 0 aliphatic carbocycles. The van der Waals surface area contributed by atoms with E-state index in [1.165, 1.54) is 6.08 Å². The molecule has 0 unspecified atom stereocenters. The van der Waals surface area contributed by atoms with Crippen LogP contribution in [0, 0.1) is 0 Å². The monoisotopic (exact) mass is 224 g/mol. The van der Waals surface area contributed by atoms with Crippen LogP contribution in [0.2, 0.25) is 0 Å². The highest BCUT2D eigenvalue weighted by molar-refractivity contribution is 7.43. The van der Waals surface area contributed by atoms with Crippen molar-refractivity contribution < 1.29 is 33.8 Å². The summed E-state index contributed by atoms with van der Waals surface area (Å²) in [7, 11) is -5.08. The molecule has 2 N–H and O–H groups in total. The minimum absolute atomic E-state index is 0.618. The normalized spacial score (nSPS) is 32.7. The first-order chi connectivity index (χ1) is 6.40. The predicted octanol–water partition coefficient (Wildman–Crippen LogP) is -2.53. The van der Waals surface area contributed by atoms with Crippen molar-refractivity contribution in [1.29, 1.82) is 0 Å². The van der Waals surface area contributed by atoms with Gasteiger partial charge in [0.15, 0.2) is 0 Å². The van der Waals surface area contributed by atoms with Gasteiger partial charge in [-0.2, -0.15) is 0 Å². The molecule has 14 heavy (non-hydrogen) atoms. The van der Waals surface area contributed by atoms with Crippen LogP contribution in [0.25, 0.3) is 0 Å². The van der Waals surface area contributed by atoms with E-state index in [0.29, 0.717) is 0 Å². The Morgan fingerprint density at radius 2 is 2.14 bits per heavy atom. The van der Waals surface area contributed by atoms with Gasteiger partial charge < -0.3 is 33.8 Å². The minimum Gasteiger partial charge on any atom is -0.790 e. The molecular weight excluding hydrogens is 215 g/mol. The lowest BCUT2D eigenvalue weighted by atomic mass is 10.1. The zero-order valence-electron chi connectivity index (χ0n) is 6.98. The fourth-order valence-electron chi connectivity index (χ4n) is 0.944. The molecule has 8 heteroatoms. The average molecular weight is 224 g/mol. The largest absolute Gasteiger partial charge is 0.790 e. The molecule has 0 radical (unpaired) electrons. The van der Waals surface area contributed by atoms with Gasteiger partial charge in [0.2, 0.25) is 0 Å². The van der Waals surface area contributed by atoms with Crippen LogP contribution in [0.15, 0.2) is 12.3 Å². The van der Waals surface area contributed by atoms with Gasteiger partial charge in [-0.1, -0.05) is 0 Å². The van der Waals surface area contributed by atoms with Crippen LogP contribution in [0.1, 0.15) is 0 Å². The molecule has 1 aliphatic heterocycles. The molecule has 0 aromatic heterocycles. The second-order valence-electron chi connectivity index (χ2n) is 2.73. The molecule has 0 aromatic rings. The molecule has 0 aromatic carbocycles.